The third-order valence-corrected chi connectivity index (χ3v) is 6.48. The maximum absolute atomic E-state index is 13.5. The van der Waals surface area contributed by atoms with E-state index in [-0.39, 0.29) is 0 Å². The highest BCUT2D eigenvalue weighted by atomic mass is 79.9. The van der Waals surface area contributed by atoms with Crippen LogP contribution in [0.2, 0.25) is 0 Å². The van der Waals surface area contributed by atoms with Crippen molar-refractivity contribution in [1.29, 1.82) is 0 Å². The van der Waals surface area contributed by atoms with Crippen molar-refractivity contribution in [3.8, 4) is 5.75 Å². The number of anilines is 2. The van der Waals surface area contributed by atoms with Crippen LogP contribution >= 0.6 is 15.9 Å². The molecule has 0 radical (unpaired) electrons. The van der Waals surface area contributed by atoms with Gasteiger partial charge in [-0.2, -0.15) is 0 Å². The Morgan fingerprint density at radius 1 is 1.21 bits per heavy atom. The van der Waals surface area contributed by atoms with Gasteiger partial charge < -0.3 is 25.4 Å². The van der Waals surface area contributed by atoms with Gasteiger partial charge >= 0.3 is 6.03 Å². The largest absolute Gasteiger partial charge is 0.494 e. The van der Waals surface area contributed by atoms with Gasteiger partial charge in [0.25, 0.3) is 11.6 Å². The third kappa shape index (κ3) is 4.85. The summed E-state index contributed by atoms with van der Waals surface area (Å²) >= 11 is 3.41. The molecule has 0 saturated carbocycles. The number of hydrogen-bond acceptors (Lipinski definition) is 5. The van der Waals surface area contributed by atoms with Gasteiger partial charge in [-0.3, -0.25) is 9.69 Å². The highest BCUT2D eigenvalue weighted by Crippen LogP contribution is 2.41. The van der Waals surface area contributed by atoms with Crippen molar-refractivity contribution in [3.63, 3.8) is 0 Å². The number of carbonyl (C=O) groups is 2. The standard InChI is InChI=1S/C24H29BrN4O4/c1-2-33-19-9-7-18(8-10-19)29-23(31)27-21-11-6-17(25)16-20(21)24(29,32)22(30)26-12-5-15-28-13-3-4-14-28/h6-11,16,32H,2-5,12-15H2,1H3,(H,26,30)(H,27,31). The number of likely N-dealkylation sites (tertiary alicyclic amines) is 1. The summed E-state index contributed by atoms with van der Waals surface area (Å²) in [6, 6.07) is 11.2. The van der Waals surface area contributed by atoms with Gasteiger partial charge in [0.05, 0.1) is 12.3 Å². The molecule has 8 nitrogen and oxygen atoms in total. The zero-order valence-electron chi connectivity index (χ0n) is 18.6. The summed E-state index contributed by atoms with van der Waals surface area (Å²) < 4.78 is 6.17. The Balaban J connectivity index is 1.62. The number of aliphatic hydroxyl groups is 1. The summed E-state index contributed by atoms with van der Waals surface area (Å²) in [7, 11) is 0. The van der Waals surface area contributed by atoms with E-state index >= 15 is 0 Å². The number of urea groups is 1. The summed E-state index contributed by atoms with van der Waals surface area (Å²) in [5.74, 6) is -0.0104. The second kappa shape index (κ2) is 10.1. The Bertz CT molecular complexity index is 1010. The van der Waals surface area contributed by atoms with E-state index < -0.39 is 17.7 Å². The molecule has 2 heterocycles. The number of hydrogen-bond donors (Lipinski definition) is 3. The predicted molar refractivity (Wildman–Crippen MR) is 130 cm³/mol. The van der Waals surface area contributed by atoms with Crippen molar-refractivity contribution in [1.82, 2.24) is 10.2 Å². The fraction of sp³-hybridized carbons (Fsp3) is 0.417. The molecule has 4 rings (SSSR count). The Hall–Kier alpha value is -2.62. The second-order valence-electron chi connectivity index (χ2n) is 8.21. The van der Waals surface area contributed by atoms with Crippen LogP contribution in [0.1, 0.15) is 31.7 Å². The first-order valence-corrected chi connectivity index (χ1v) is 12.1. The average Bonchev–Trinajstić information content (AvgIpc) is 3.32. The summed E-state index contributed by atoms with van der Waals surface area (Å²) in [6.45, 7) is 5.86. The van der Waals surface area contributed by atoms with Crippen molar-refractivity contribution in [2.45, 2.75) is 31.9 Å². The topological polar surface area (TPSA) is 94.1 Å². The van der Waals surface area contributed by atoms with Crippen LogP contribution in [0.5, 0.6) is 5.75 Å². The van der Waals surface area contributed by atoms with Crippen LogP contribution in [-0.2, 0) is 10.5 Å². The van der Waals surface area contributed by atoms with Crippen LogP contribution in [0.25, 0.3) is 0 Å². The van der Waals surface area contributed by atoms with Crippen LogP contribution in [-0.4, -0.2) is 54.7 Å². The Morgan fingerprint density at radius 2 is 1.94 bits per heavy atom. The van der Waals surface area contributed by atoms with Crippen LogP contribution in [0.15, 0.2) is 46.9 Å². The maximum atomic E-state index is 13.5. The number of rotatable bonds is 8. The molecule has 2 aliphatic heterocycles. The molecule has 2 aliphatic rings. The number of ether oxygens (including phenoxy) is 1. The van der Waals surface area contributed by atoms with Gasteiger partial charge in [0, 0.05) is 22.3 Å². The minimum Gasteiger partial charge on any atom is -0.494 e. The molecule has 176 valence electrons. The average molecular weight is 517 g/mol. The molecule has 33 heavy (non-hydrogen) atoms. The molecule has 3 N–H and O–H groups in total. The smallest absolute Gasteiger partial charge is 0.329 e. The molecule has 0 aromatic heterocycles. The molecule has 9 heteroatoms. The van der Waals surface area contributed by atoms with Crippen molar-refractivity contribution in [3.05, 3.63) is 52.5 Å². The molecular weight excluding hydrogens is 488 g/mol. The molecule has 0 spiro atoms. The summed E-state index contributed by atoms with van der Waals surface area (Å²) in [6.07, 6.45) is 3.19. The van der Waals surface area contributed by atoms with Gasteiger partial charge in [0.1, 0.15) is 5.75 Å². The van der Waals surface area contributed by atoms with Gasteiger partial charge in [-0.1, -0.05) is 15.9 Å². The van der Waals surface area contributed by atoms with Crippen LogP contribution < -0.4 is 20.3 Å². The number of nitrogens with zero attached hydrogens (tertiary/aromatic N) is 2. The van der Waals surface area contributed by atoms with E-state index in [1.54, 1.807) is 42.5 Å². The molecule has 2 aromatic carbocycles. The Labute approximate surface area is 202 Å². The maximum Gasteiger partial charge on any atom is 0.329 e. The molecule has 0 bridgehead atoms. The van der Waals surface area contributed by atoms with E-state index in [0.717, 1.165) is 31.0 Å². The Morgan fingerprint density at radius 3 is 2.64 bits per heavy atom. The predicted octanol–water partition coefficient (Wildman–Crippen LogP) is 3.65. The molecule has 1 atom stereocenters. The minimum absolute atomic E-state index is 0.294. The summed E-state index contributed by atoms with van der Waals surface area (Å²) in [5, 5.41) is 17.5. The second-order valence-corrected chi connectivity index (χ2v) is 9.13. The van der Waals surface area contributed by atoms with E-state index in [9.17, 15) is 14.7 Å². The molecule has 1 unspecified atom stereocenters. The van der Waals surface area contributed by atoms with Crippen molar-refractivity contribution in [2.75, 3.05) is 43.0 Å². The van der Waals surface area contributed by atoms with Crippen molar-refractivity contribution in [2.24, 2.45) is 0 Å². The molecule has 2 aromatic rings. The zero-order chi connectivity index (χ0) is 23.4. The first kappa shape index (κ1) is 23.5. The molecule has 1 saturated heterocycles. The van der Waals surface area contributed by atoms with Gasteiger partial charge in [0.15, 0.2) is 0 Å². The van der Waals surface area contributed by atoms with E-state index in [1.807, 2.05) is 6.92 Å². The van der Waals surface area contributed by atoms with Gasteiger partial charge in [-0.25, -0.2) is 4.79 Å². The first-order valence-electron chi connectivity index (χ1n) is 11.3. The monoisotopic (exact) mass is 516 g/mol. The number of benzene rings is 2. The lowest BCUT2D eigenvalue weighted by Gasteiger charge is -2.42. The third-order valence-electron chi connectivity index (χ3n) is 5.98. The van der Waals surface area contributed by atoms with E-state index in [4.69, 9.17) is 4.74 Å². The first-order chi connectivity index (χ1) is 15.9. The van der Waals surface area contributed by atoms with Gasteiger partial charge in [-0.05, 0) is 88.3 Å². The lowest BCUT2D eigenvalue weighted by molar-refractivity contribution is -0.140. The molecular formula is C24H29BrN4O4. The minimum atomic E-state index is -2.22. The van der Waals surface area contributed by atoms with Crippen LogP contribution in [0.3, 0.4) is 0 Å². The highest BCUT2D eigenvalue weighted by Gasteiger charge is 2.52. The number of carbonyl (C=O) groups excluding carboxylic acids is 2. The van der Waals surface area contributed by atoms with E-state index in [2.05, 4.69) is 31.5 Å². The fourth-order valence-corrected chi connectivity index (χ4v) is 4.73. The lowest BCUT2D eigenvalue weighted by atomic mass is 9.94. The van der Waals surface area contributed by atoms with Crippen LogP contribution in [0, 0.1) is 0 Å². The molecule has 3 amide bonds. The Kier molecular flexibility index (Phi) is 7.21. The number of fused-ring (bicyclic) bond motifs is 1. The number of nitrogens with one attached hydrogen (secondary N) is 2. The van der Waals surface area contributed by atoms with E-state index in [1.165, 1.54) is 12.8 Å². The number of amides is 3. The summed E-state index contributed by atoms with van der Waals surface area (Å²) in [5.41, 5.74) is -1.17. The fourth-order valence-electron chi connectivity index (χ4n) is 4.37. The quantitative estimate of drug-likeness (QED) is 0.465. The normalized spacial score (nSPS) is 20.3. The molecule has 0 aliphatic carbocycles. The summed E-state index contributed by atoms with van der Waals surface area (Å²) in [4.78, 5) is 30.0. The van der Waals surface area contributed by atoms with Crippen molar-refractivity contribution < 1.29 is 19.4 Å². The van der Waals surface area contributed by atoms with Crippen LogP contribution in [0.4, 0.5) is 16.2 Å². The van der Waals surface area contributed by atoms with Crippen molar-refractivity contribution >= 4 is 39.2 Å². The number of halogens is 1. The highest BCUT2D eigenvalue weighted by molar-refractivity contribution is 9.10. The SMILES string of the molecule is CCOc1ccc(N2C(=O)Nc3ccc(Br)cc3C2(O)C(=O)NCCCN2CCCC2)cc1. The van der Waals surface area contributed by atoms with E-state index in [0.29, 0.717) is 40.3 Å². The zero-order valence-corrected chi connectivity index (χ0v) is 20.2. The van der Waals surface area contributed by atoms with Gasteiger partial charge in [-0.15, -0.1) is 0 Å². The van der Waals surface area contributed by atoms with Gasteiger partial charge in [0.2, 0.25) is 0 Å². The molecule has 1 fully saturated rings. The lowest BCUT2D eigenvalue weighted by Crippen LogP contribution is -2.62.